The molecule has 9 heteroatoms. The average Bonchev–Trinajstić information content (AvgIpc) is 3.52. The molecule has 2 atom stereocenters. The Balaban J connectivity index is 1.45. The molecule has 1 N–H and O–H groups in total. The largest absolute Gasteiger partial charge is 0.341 e. The van der Waals surface area contributed by atoms with E-state index >= 15 is 0 Å². The highest BCUT2D eigenvalue weighted by molar-refractivity contribution is 6.22. The SMILES string of the molecule is CN1C(=O)c2c(cn(Cc3ccc(C(C)(F)F)nc3)c2Nc2ccccc2)N2C1=N[C@@H]1CCC[C@@H]12. The number of amides is 1. The van der Waals surface area contributed by atoms with E-state index in [4.69, 9.17) is 4.99 Å². The number of hydrogen-bond acceptors (Lipinski definition) is 5. The first-order valence-electron chi connectivity index (χ1n) is 11.8. The Labute approximate surface area is 202 Å². The number of carbonyl (C=O) groups excluding carboxylic acids is 1. The molecule has 0 saturated heterocycles. The number of halogens is 2. The standard InChI is InChI=1S/C26H26F2N6O/c1-26(27,28)21-12-11-16(13-29-21)14-33-15-20-22(23(33)30-17-7-4-3-5-8-17)24(35)32(2)25-31-18-9-6-10-19(18)34(20)25/h3-5,7-8,11-13,15,18-19,30H,6,9-10,14H2,1-2H3/t18-,19+/m1/s1. The Morgan fingerprint density at radius 1 is 1.14 bits per heavy atom. The van der Waals surface area contributed by atoms with Crippen LogP contribution in [-0.4, -0.2) is 45.4 Å². The van der Waals surface area contributed by atoms with E-state index < -0.39 is 5.92 Å². The number of rotatable bonds is 5. The van der Waals surface area contributed by atoms with Crippen LogP contribution in [0, 0.1) is 0 Å². The summed E-state index contributed by atoms with van der Waals surface area (Å²) in [5, 5.41) is 3.44. The number of anilines is 3. The first-order valence-corrected chi connectivity index (χ1v) is 11.8. The molecule has 0 bridgehead atoms. The molecule has 0 spiro atoms. The lowest BCUT2D eigenvalue weighted by molar-refractivity contribution is 0.0127. The highest BCUT2D eigenvalue weighted by atomic mass is 19.3. The number of aromatic nitrogens is 2. The summed E-state index contributed by atoms with van der Waals surface area (Å²) in [6.45, 7) is 1.21. The molecule has 1 amide bonds. The summed E-state index contributed by atoms with van der Waals surface area (Å²) in [5.74, 6) is -1.75. The van der Waals surface area contributed by atoms with Crippen LogP contribution in [-0.2, 0) is 12.5 Å². The summed E-state index contributed by atoms with van der Waals surface area (Å²) in [4.78, 5) is 26.3. The van der Waals surface area contributed by atoms with Crippen molar-refractivity contribution in [1.82, 2.24) is 14.5 Å². The van der Waals surface area contributed by atoms with Gasteiger partial charge in [-0.3, -0.25) is 14.7 Å². The number of alkyl halides is 2. The van der Waals surface area contributed by atoms with E-state index in [0.717, 1.165) is 43.1 Å². The number of para-hydroxylation sites is 1. The van der Waals surface area contributed by atoms with Crippen LogP contribution in [0.4, 0.5) is 26.0 Å². The normalized spacial score (nSPS) is 21.0. The van der Waals surface area contributed by atoms with Crippen LogP contribution in [0.15, 0.2) is 59.9 Å². The lowest BCUT2D eigenvalue weighted by atomic mass is 10.1. The molecular formula is C26H26F2N6O. The third kappa shape index (κ3) is 3.57. The third-order valence-corrected chi connectivity index (χ3v) is 7.07. The van der Waals surface area contributed by atoms with Crippen LogP contribution in [0.1, 0.15) is 47.8 Å². The maximum Gasteiger partial charge on any atom is 0.286 e. The molecule has 6 rings (SSSR count). The molecule has 2 aliphatic heterocycles. The van der Waals surface area contributed by atoms with Gasteiger partial charge in [0.2, 0.25) is 5.96 Å². The fraction of sp³-hybridized carbons (Fsp3) is 0.346. The zero-order valence-corrected chi connectivity index (χ0v) is 19.6. The molecule has 0 radical (unpaired) electrons. The summed E-state index contributed by atoms with van der Waals surface area (Å²) in [6.07, 6.45) is 6.62. The molecule has 1 fully saturated rings. The van der Waals surface area contributed by atoms with Gasteiger partial charge in [0.15, 0.2) is 0 Å². The first-order chi connectivity index (χ1) is 16.8. The predicted molar refractivity (Wildman–Crippen MR) is 130 cm³/mol. The van der Waals surface area contributed by atoms with Gasteiger partial charge in [0.25, 0.3) is 11.8 Å². The van der Waals surface area contributed by atoms with E-state index in [-0.39, 0.29) is 23.7 Å². The van der Waals surface area contributed by atoms with Gasteiger partial charge in [-0.15, -0.1) is 0 Å². The Morgan fingerprint density at radius 2 is 1.94 bits per heavy atom. The summed E-state index contributed by atoms with van der Waals surface area (Å²) in [5.41, 5.74) is 2.77. The van der Waals surface area contributed by atoms with Gasteiger partial charge >= 0.3 is 0 Å². The van der Waals surface area contributed by atoms with Gasteiger partial charge in [-0.1, -0.05) is 24.3 Å². The molecule has 180 valence electrons. The number of benzene rings is 1. The highest BCUT2D eigenvalue weighted by Crippen LogP contribution is 2.44. The minimum Gasteiger partial charge on any atom is -0.341 e. The Hall–Kier alpha value is -3.75. The minimum atomic E-state index is -2.99. The molecular weight excluding hydrogens is 450 g/mol. The van der Waals surface area contributed by atoms with Crippen molar-refractivity contribution >= 4 is 29.1 Å². The van der Waals surface area contributed by atoms with E-state index in [2.05, 4.69) is 15.2 Å². The lowest BCUT2D eigenvalue weighted by Crippen LogP contribution is -2.51. The van der Waals surface area contributed by atoms with Gasteiger partial charge < -0.3 is 14.8 Å². The summed E-state index contributed by atoms with van der Waals surface area (Å²) >= 11 is 0. The van der Waals surface area contributed by atoms with Crippen molar-refractivity contribution in [2.24, 2.45) is 4.99 Å². The molecule has 0 unspecified atom stereocenters. The summed E-state index contributed by atoms with van der Waals surface area (Å²) in [7, 11) is 1.77. The highest BCUT2D eigenvalue weighted by Gasteiger charge is 2.48. The van der Waals surface area contributed by atoms with E-state index in [1.807, 2.05) is 41.1 Å². The number of hydrogen-bond donors (Lipinski definition) is 1. The molecule has 3 aromatic rings. The lowest BCUT2D eigenvalue weighted by Gasteiger charge is -2.35. The van der Waals surface area contributed by atoms with E-state index in [9.17, 15) is 13.6 Å². The van der Waals surface area contributed by atoms with Crippen LogP contribution in [0.25, 0.3) is 0 Å². The smallest absolute Gasteiger partial charge is 0.286 e. The second-order valence-electron chi connectivity index (χ2n) is 9.53. The Kier molecular flexibility index (Phi) is 4.91. The topological polar surface area (TPSA) is 65.8 Å². The van der Waals surface area contributed by atoms with Gasteiger partial charge in [-0.05, 0) is 43.0 Å². The second kappa shape index (κ2) is 7.90. The number of guanidine groups is 1. The number of nitrogens with one attached hydrogen (secondary N) is 1. The maximum atomic E-state index is 13.6. The van der Waals surface area contributed by atoms with Crippen molar-refractivity contribution in [1.29, 1.82) is 0 Å². The fourth-order valence-corrected chi connectivity index (χ4v) is 5.35. The zero-order chi connectivity index (χ0) is 24.3. The average molecular weight is 477 g/mol. The van der Waals surface area contributed by atoms with Gasteiger partial charge in [0, 0.05) is 32.1 Å². The van der Waals surface area contributed by atoms with Gasteiger partial charge in [0.1, 0.15) is 17.1 Å². The quantitative estimate of drug-likeness (QED) is 0.565. The van der Waals surface area contributed by atoms with Crippen molar-refractivity contribution < 1.29 is 13.6 Å². The number of aliphatic imine (C=N–C) groups is 1. The van der Waals surface area contributed by atoms with Crippen LogP contribution >= 0.6 is 0 Å². The van der Waals surface area contributed by atoms with Crippen molar-refractivity contribution in [2.45, 2.75) is 50.7 Å². The van der Waals surface area contributed by atoms with Gasteiger partial charge in [0.05, 0.1) is 24.3 Å². The number of fused-ring (bicyclic) bond motifs is 5. The van der Waals surface area contributed by atoms with Crippen LogP contribution in [0.3, 0.4) is 0 Å². The molecule has 35 heavy (non-hydrogen) atoms. The third-order valence-electron chi connectivity index (χ3n) is 7.07. The second-order valence-corrected chi connectivity index (χ2v) is 9.53. The number of nitrogens with zero attached hydrogens (tertiary/aromatic N) is 5. The molecule has 4 heterocycles. The van der Waals surface area contributed by atoms with E-state index in [0.29, 0.717) is 23.9 Å². The minimum absolute atomic E-state index is 0.119. The molecule has 1 aromatic carbocycles. The monoisotopic (exact) mass is 476 g/mol. The predicted octanol–water partition coefficient (Wildman–Crippen LogP) is 4.97. The van der Waals surface area contributed by atoms with Crippen molar-refractivity contribution in [3.63, 3.8) is 0 Å². The van der Waals surface area contributed by atoms with E-state index in [1.54, 1.807) is 18.0 Å². The summed E-state index contributed by atoms with van der Waals surface area (Å²) < 4.78 is 29.3. The van der Waals surface area contributed by atoms with Crippen LogP contribution in [0.5, 0.6) is 0 Å². The van der Waals surface area contributed by atoms with Crippen molar-refractivity contribution in [3.05, 3.63) is 71.7 Å². The van der Waals surface area contributed by atoms with E-state index in [1.165, 1.54) is 12.3 Å². The van der Waals surface area contributed by atoms with Gasteiger partial charge in [-0.2, -0.15) is 8.78 Å². The zero-order valence-electron chi connectivity index (χ0n) is 19.6. The maximum absolute atomic E-state index is 13.6. The Bertz CT molecular complexity index is 1310. The first kappa shape index (κ1) is 21.8. The van der Waals surface area contributed by atoms with Crippen LogP contribution in [0.2, 0.25) is 0 Å². The molecule has 1 aliphatic carbocycles. The fourth-order valence-electron chi connectivity index (χ4n) is 5.35. The van der Waals surface area contributed by atoms with Gasteiger partial charge in [-0.25, -0.2) is 4.99 Å². The summed E-state index contributed by atoms with van der Waals surface area (Å²) in [6, 6.07) is 13.1. The number of pyridine rings is 1. The molecule has 7 nitrogen and oxygen atoms in total. The van der Waals surface area contributed by atoms with Crippen molar-refractivity contribution in [3.8, 4) is 0 Å². The van der Waals surface area contributed by atoms with Crippen LogP contribution < -0.4 is 10.2 Å². The van der Waals surface area contributed by atoms with Crippen molar-refractivity contribution in [2.75, 3.05) is 17.3 Å². The molecule has 2 aromatic heterocycles. The molecule has 3 aliphatic rings. The Morgan fingerprint density at radius 3 is 2.66 bits per heavy atom. The molecule has 1 saturated carbocycles. The number of carbonyl (C=O) groups is 1.